The summed E-state index contributed by atoms with van der Waals surface area (Å²) in [7, 11) is 0. The van der Waals surface area contributed by atoms with Crippen molar-refractivity contribution in [1.82, 2.24) is 24.5 Å². The molecule has 2 aromatic rings. The Bertz CT molecular complexity index is 551. The second-order valence-corrected chi connectivity index (χ2v) is 4.99. The van der Waals surface area contributed by atoms with Crippen molar-refractivity contribution in [2.75, 3.05) is 29.9 Å². The van der Waals surface area contributed by atoms with Crippen LogP contribution in [0.1, 0.15) is 12.8 Å². The summed E-state index contributed by atoms with van der Waals surface area (Å²) in [5.41, 5.74) is 0. The summed E-state index contributed by atoms with van der Waals surface area (Å²) in [5, 5.41) is 3.39. The Kier molecular flexibility index (Phi) is 3.96. The van der Waals surface area contributed by atoms with Gasteiger partial charge in [0.1, 0.15) is 0 Å². The minimum Gasteiger partial charge on any atom is -0.352 e. The van der Waals surface area contributed by atoms with Crippen molar-refractivity contribution in [3.8, 4) is 0 Å². The lowest BCUT2D eigenvalue weighted by atomic mass is 10.4. The molecule has 0 unspecified atom stereocenters. The zero-order valence-corrected chi connectivity index (χ0v) is 11.8. The molecule has 3 rings (SSSR count). The van der Waals surface area contributed by atoms with Gasteiger partial charge in [0.25, 0.3) is 0 Å². The molecule has 0 radical (unpaired) electrons. The first kappa shape index (κ1) is 13.1. The van der Waals surface area contributed by atoms with Crippen LogP contribution in [0.25, 0.3) is 0 Å². The Hall–Kier alpha value is -1.89. The van der Waals surface area contributed by atoms with Crippen molar-refractivity contribution in [3.05, 3.63) is 24.0 Å². The average molecular weight is 294 g/mol. The van der Waals surface area contributed by atoms with E-state index in [0.29, 0.717) is 18.4 Å². The van der Waals surface area contributed by atoms with Crippen LogP contribution in [0.2, 0.25) is 5.28 Å². The molecule has 1 saturated heterocycles. The zero-order valence-electron chi connectivity index (χ0n) is 11.0. The van der Waals surface area contributed by atoms with E-state index in [9.17, 15) is 0 Å². The van der Waals surface area contributed by atoms with Crippen molar-refractivity contribution in [2.24, 2.45) is 0 Å². The molecule has 7 nitrogen and oxygen atoms in total. The van der Waals surface area contributed by atoms with E-state index in [-0.39, 0.29) is 5.28 Å². The number of hydrogen-bond donors (Lipinski definition) is 1. The van der Waals surface area contributed by atoms with Gasteiger partial charge in [0.15, 0.2) is 0 Å². The minimum atomic E-state index is 0.229. The summed E-state index contributed by atoms with van der Waals surface area (Å²) < 4.78 is 1.98. The highest BCUT2D eigenvalue weighted by Crippen LogP contribution is 2.18. The summed E-state index contributed by atoms with van der Waals surface area (Å²) >= 11 is 5.96. The molecule has 0 saturated carbocycles. The molecule has 0 spiro atoms. The normalized spacial score (nSPS) is 14.8. The predicted octanol–water partition coefficient (Wildman–Crippen LogP) is 1.43. The number of anilines is 2. The second-order valence-electron chi connectivity index (χ2n) is 4.65. The van der Waals surface area contributed by atoms with Gasteiger partial charge in [-0.3, -0.25) is 0 Å². The zero-order chi connectivity index (χ0) is 13.8. The van der Waals surface area contributed by atoms with Crippen molar-refractivity contribution in [1.29, 1.82) is 0 Å². The summed E-state index contributed by atoms with van der Waals surface area (Å²) in [6.45, 7) is 3.46. The van der Waals surface area contributed by atoms with E-state index in [2.05, 4.69) is 30.2 Å². The lowest BCUT2D eigenvalue weighted by molar-refractivity contribution is 0.722. The molecule has 20 heavy (non-hydrogen) atoms. The number of imidazole rings is 1. The van der Waals surface area contributed by atoms with Gasteiger partial charge >= 0.3 is 0 Å². The number of nitrogens with zero attached hydrogens (tertiary/aromatic N) is 6. The molecule has 8 heteroatoms. The van der Waals surface area contributed by atoms with Crippen molar-refractivity contribution >= 4 is 23.5 Å². The molecule has 1 fully saturated rings. The fourth-order valence-electron chi connectivity index (χ4n) is 2.19. The van der Waals surface area contributed by atoms with Gasteiger partial charge in [-0.25, -0.2) is 4.98 Å². The van der Waals surface area contributed by atoms with Gasteiger partial charge in [-0.05, 0) is 24.4 Å². The Balaban J connectivity index is 1.63. The number of hydrogen-bond acceptors (Lipinski definition) is 6. The van der Waals surface area contributed by atoms with Crippen LogP contribution < -0.4 is 10.2 Å². The third kappa shape index (κ3) is 3.16. The fraction of sp³-hybridized carbons (Fsp3) is 0.500. The summed E-state index contributed by atoms with van der Waals surface area (Å²) in [6.07, 6.45) is 7.79. The van der Waals surface area contributed by atoms with Gasteiger partial charge in [-0.1, -0.05) is 0 Å². The monoisotopic (exact) mass is 293 g/mol. The highest BCUT2D eigenvalue weighted by atomic mass is 35.5. The molecule has 3 heterocycles. The van der Waals surface area contributed by atoms with Gasteiger partial charge in [0, 0.05) is 38.6 Å². The first-order valence-electron chi connectivity index (χ1n) is 6.67. The number of halogens is 1. The van der Waals surface area contributed by atoms with Gasteiger partial charge in [-0.2, -0.15) is 15.0 Å². The van der Waals surface area contributed by atoms with Crippen LogP contribution >= 0.6 is 11.6 Å². The van der Waals surface area contributed by atoms with Gasteiger partial charge in [0.2, 0.25) is 17.2 Å². The standard InChI is InChI=1S/C12H16ClN7/c13-10-16-11(15-4-8-19-7-3-14-9-19)18-12(17-10)20-5-1-2-6-20/h3,7,9H,1-2,4-6,8H2,(H,15,16,17,18). The van der Waals surface area contributed by atoms with Crippen molar-refractivity contribution in [3.63, 3.8) is 0 Å². The highest BCUT2D eigenvalue weighted by Gasteiger charge is 2.16. The summed E-state index contributed by atoms with van der Waals surface area (Å²) in [5.74, 6) is 1.18. The summed E-state index contributed by atoms with van der Waals surface area (Å²) in [6, 6.07) is 0. The van der Waals surface area contributed by atoms with Crippen molar-refractivity contribution in [2.45, 2.75) is 19.4 Å². The second kappa shape index (κ2) is 6.04. The molecular weight excluding hydrogens is 278 g/mol. The number of aromatic nitrogens is 5. The Labute approximate surface area is 122 Å². The van der Waals surface area contributed by atoms with Crippen LogP contribution in [0, 0.1) is 0 Å². The fourth-order valence-corrected chi connectivity index (χ4v) is 2.35. The van der Waals surface area contributed by atoms with Crippen LogP contribution in [0.4, 0.5) is 11.9 Å². The predicted molar refractivity (Wildman–Crippen MR) is 77.0 cm³/mol. The van der Waals surface area contributed by atoms with E-state index in [4.69, 9.17) is 11.6 Å². The molecule has 1 N–H and O–H groups in total. The first-order valence-corrected chi connectivity index (χ1v) is 7.05. The Morgan fingerprint density at radius 3 is 2.80 bits per heavy atom. The molecule has 0 bridgehead atoms. The maximum Gasteiger partial charge on any atom is 0.231 e. The van der Waals surface area contributed by atoms with Crippen LogP contribution in [0.3, 0.4) is 0 Å². The minimum absolute atomic E-state index is 0.229. The molecule has 0 atom stereocenters. The molecular formula is C12H16ClN7. The number of nitrogens with one attached hydrogen (secondary N) is 1. The van der Waals surface area contributed by atoms with E-state index < -0.39 is 0 Å². The molecule has 0 aromatic carbocycles. The largest absolute Gasteiger partial charge is 0.352 e. The van der Waals surface area contributed by atoms with E-state index in [1.54, 1.807) is 12.5 Å². The molecule has 106 valence electrons. The lowest BCUT2D eigenvalue weighted by Crippen LogP contribution is -2.22. The third-order valence-corrected chi connectivity index (χ3v) is 3.37. The maximum atomic E-state index is 5.96. The SMILES string of the molecule is Clc1nc(NCCn2ccnc2)nc(N2CCCC2)n1. The number of rotatable bonds is 5. The summed E-state index contributed by atoms with van der Waals surface area (Å²) in [4.78, 5) is 18.8. The van der Waals surface area contributed by atoms with Crippen LogP contribution in [0.5, 0.6) is 0 Å². The van der Waals surface area contributed by atoms with Crippen LogP contribution in [0.15, 0.2) is 18.7 Å². The molecule has 0 amide bonds. The molecule has 2 aromatic heterocycles. The van der Waals surface area contributed by atoms with E-state index >= 15 is 0 Å². The van der Waals surface area contributed by atoms with Crippen LogP contribution in [-0.2, 0) is 6.54 Å². The topological polar surface area (TPSA) is 71.8 Å². The molecule has 0 aliphatic carbocycles. The average Bonchev–Trinajstić information content (AvgIpc) is 3.11. The maximum absolute atomic E-state index is 5.96. The lowest BCUT2D eigenvalue weighted by Gasteiger charge is -2.15. The highest BCUT2D eigenvalue weighted by molar-refractivity contribution is 6.28. The van der Waals surface area contributed by atoms with E-state index in [0.717, 1.165) is 19.6 Å². The van der Waals surface area contributed by atoms with Gasteiger partial charge in [-0.15, -0.1) is 0 Å². The van der Waals surface area contributed by atoms with E-state index in [1.807, 2.05) is 10.8 Å². The van der Waals surface area contributed by atoms with Crippen molar-refractivity contribution < 1.29 is 0 Å². The smallest absolute Gasteiger partial charge is 0.231 e. The first-order chi connectivity index (χ1) is 9.81. The molecule has 1 aliphatic heterocycles. The van der Waals surface area contributed by atoms with Gasteiger partial charge in [0.05, 0.1) is 6.33 Å². The van der Waals surface area contributed by atoms with Gasteiger partial charge < -0.3 is 14.8 Å². The molecule has 1 aliphatic rings. The van der Waals surface area contributed by atoms with E-state index in [1.165, 1.54) is 12.8 Å². The third-order valence-electron chi connectivity index (χ3n) is 3.20. The van der Waals surface area contributed by atoms with Crippen LogP contribution in [-0.4, -0.2) is 44.1 Å². The Morgan fingerprint density at radius 2 is 2.05 bits per heavy atom. The Morgan fingerprint density at radius 1 is 1.20 bits per heavy atom. The quantitative estimate of drug-likeness (QED) is 0.899.